The lowest BCUT2D eigenvalue weighted by Gasteiger charge is -2.18. The summed E-state index contributed by atoms with van der Waals surface area (Å²) in [6, 6.07) is 15.8. The van der Waals surface area contributed by atoms with Crippen molar-refractivity contribution in [2.75, 3.05) is 10.2 Å². The van der Waals surface area contributed by atoms with E-state index in [2.05, 4.69) is 5.32 Å². The summed E-state index contributed by atoms with van der Waals surface area (Å²) >= 11 is 0. The van der Waals surface area contributed by atoms with Gasteiger partial charge in [-0.25, -0.2) is 0 Å². The third kappa shape index (κ3) is 3.16. The Balaban J connectivity index is 1.59. The lowest BCUT2D eigenvalue weighted by Crippen LogP contribution is -2.31. The number of nitrogens with zero attached hydrogens (tertiary/aromatic N) is 1. The van der Waals surface area contributed by atoms with Gasteiger partial charge < -0.3 is 5.32 Å². The number of amides is 3. The molecule has 1 N–H and O–H groups in total. The molecular weight excluding hydrogens is 340 g/mol. The minimum atomic E-state index is -0.289. The lowest BCUT2D eigenvalue weighted by atomic mass is 9.82. The number of para-hydroxylation sites is 1. The van der Waals surface area contributed by atoms with Crippen LogP contribution in [0.1, 0.15) is 30.1 Å². The van der Waals surface area contributed by atoms with Crippen LogP contribution in [-0.4, -0.2) is 17.7 Å². The quantitative estimate of drug-likeness (QED) is 0.669. The van der Waals surface area contributed by atoms with E-state index < -0.39 is 0 Å². The van der Waals surface area contributed by atoms with Gasteiger partial charge in [0.2, 0.25) is 11.8 Å². The highest BCUT2D eigenvalue weighted by molar-refractivity contribution is 6.22. The van der Waals surface area contributed by atoms with Crippen LogP contribution in [0.5, 0.6) is 0 Å². The van der Waals surface area contributed by atoms with Gasteiger partial charge >= 0.3 is 0 Å². The van der Waals surface area contributed by atoms with Gasteiger partial charge in [-0.05, 0) is 50.1 Å². The average Bonchev–Trinajstić information content (AvgIpc) is 2.92. The molecular formula is C22H20N2O3. The fraction of sp³-hybridized carbons (Fsp3) is 0.227. The highest BCUT2D eigenvalue weighted by atomic mass is 16.2. The number of benzene rings is 2. The van der Waals surface area contributed by atoms with Crippen LogP contribution in [0.15, 0.2) is 66.2 Å². The number of anilines is 2. The molecule has 0 spiro atoms. The van der Waals surface area contributed by atoms with Gasteiger partial charge in [-0.15, -0.1) is 0 Å². The maximum atomic E-state index is 12.8. The van der Waals surface area contributed by atoms with Gasteiger partial charge in [0, 0.05) is 11.3 Å². The van der Waals surface area contributed by atoms with Gasteiger partial charge in [-0.3, -0.25) is 19.3 Å². The Hall–Kier alpha value is -3.21. The summed E-state index contributed by atoms with van der Waals surface area (Å²) < 4.78 is 0. The first-order valence-electron chi connectivity index (χ1n) is 9.04. The number of allylic oxidation sites excluding steroid dienone is 2. The van der Waals surface area contributed by atoms with E-state index in [4.69, 9.17) is 0 Å². The van der Waals surface area contributed by atoms with Crippen molar-refractivity contribution < 1.29 is 14.4 Å². The maximum Gasteiger partial charge on any atom is 0.255 e. The predicted octanol–water partition coefficient (Wildman–Crippen LogP) is 3.78. The maximum absolute atomic E-state index is 12.8. The van der Waals surface area contributed by atoms with E-state index in [1.807, 2.05) is 31.2 Å². The summed E-state index contributed by atoms with van der Waals surface area (Å²) in [4.78, 5) is 39.4. The molecule has 3 amide bonds. The number of carbonyl (C=O) groups excluding carboxylic acids is 3. The molecule has 0 unspecified atom stereocenters. The molecule has 1 aliphatic carbocycles. The zero-order valence-corrected chi connectivity index (χ0v) is 15.0. The standard InChI is InChI=1S/C22H20N2O3/c1-14-10-11-18-19(12-14)22(27)24(21(18)26)17-9-5-6-15(13-17)20(25)23-16-7-3-2-4-8-16/h2-10,13,18-19H,11-12H2,1H3,(H,23,25)/t18-,19-/m1/s1. The Labute approximate surface area is 157 Å². The van der Waals surface area contributed by atoms with Crippen molar-refractivity contribution in [3.05, 3.63) is 71.8 Å². The van der Waals surface area contributed by atoms with E-state index in [0.717, 1.165) is 5.57 Å². The highest BCUT2D eigenvalue weighted by Crippen LogP contribution is 2.39. The number of hydrogen-bond acceptors (Lipinski definition) is 3. The number of nitrogens with one attached hydrogen (secondary N) is 1. The SMILES string of the molecule is CC1=CC[C@H]2C(=O)N(c3cccc(C(=O)Nc4ccccc4)c3)C(=O)[C@@H]2C1. The number of rotatable bonds is 3. The summed E-state index contributed by atoms with van der Waals surface area (Å²) in [7, 11) is 0. The molecule has 0 saturated carbocycles. The van der Waals surface area contributed by atoms with Crippen molar-refractivity contribution in [3.8, 4) is 0 Å². The second kappa shape index (κ2) is 6.83. The fourth-order valence-electron chi connectivity index (χ4n) is 3.80. The molecule has 2 aromatic carbocycles. The summed E-state index contributed by atoms with van der Waals surface area (Å²) in [6.07, 6.45) is 3.27. The Morgan fingerprint density at radius 1 is 1.00 bits per heavy atom. The molecule has 1 saturated heterocycles. The van der Waals surface area contributed by atoms with E-state index in [9.17, 15) is 14.4 Å². The van der Waals surface area contributed by atoms with Crippen molar-refractivity contribution in [1.29, 1.82) is 0 Å². The number of carbonyl (C=O) groups is 3. The van der Waals surface area contributed by atoms with Crippen molar-refractivity contribution in [1.82, 2.24) is 0 Å². The van der Waals surface area contributed by atoms with Crippen LogP contribution in [-0.2, 0) is 9.59 Å². The highest BCUT2D eigenvalue weighted by Gasteiger charge is 2.48. The van der Waals surface area contributed by atoms with Crippen LogP contribution in [0.25, 0.3) is 0 Å². The second-order valence-corrected chi connectivity index (χ2v) is 7.09. The molecule has 1 aliphatic heterocycles. The molecule has 0 bridgehead atoms. The molecule has 1 fully saturated rings. The van der Waals surface area contributed by atoms with Gasteiger partial charge in [-0.1, -0.05) is 35.9 Å². The first-order valence-corrected chi connectivity index (χ1v) is 9.04. The smallest absolute Gasteiger partial charge is 0.255 e. The van der Waals surface area contributed by atoms with Crippen molar-refractivity contribution >= 4 is 29.1 Å². The topological polar surface area (TPSA) is 66.5 Å². The van der Waals surface area contributed by atoms with Crippen molar-refractivity contribution in [3.63, 3.8) is 0 Å². The van der Waals surface area contributed by atoms with Gasteiger partial charge in [0.1, 0.15) is 0 Å². The van der Waals surface area contributed by atoms with E-state index in [1.54, 1.807) is 36.4 Å². The molecule has 5 heteroatoms. The van der Waals surface area contributed by atoms with Crippen LogP contribution < -0.4 is 10.2 Å². The van der Waals surface area contributed by atoms with Gasteiger partial charge in [-0.2, -0.15) is 0 Å². The van der Waals surface area contributed by atoms with Crippen LogP contribution >= 0.6 is 0 Å². The molecule has 2 atom stereocenters. The summed E-state index contributed by atoms with van der Waals surface area (Å²) in [5.74, 6) is -1.20. The Bertz CT molecular complexity index is 949. The fourth-order valence-corrected chi connectivity index (χ4v) is 3.80. The van der Waals surface area contributed by atoms with Crippen LogP contribution in [0.2, 0.25) is 0 Å². The van der Waals surface area contributed by atoms with E-state index in [-0.39, 0.29) is 29.6 Å². The lowest BCUT2D eigenvalue weighted by molar-refractivity contribution is -0.122. The van der Waals surface area contributed by atoms with E-state index >= 15 is 0 Å². The number of imide groups is 1. The minimum Gasteiger partial charge on any atom is -0.322 e. The van der Waals surface area contributed by atoms with Crippen molar-refractivity contribution in [2.24, 2.45) is 11.8 Å². The zero-order chi connectivity index (χ0) is 19.0. The van der Waals surface area contributed by atoms with Crippen LogP contribution in [0, 0.1) is 11.8 Å². The second-order valence-electron chi connectivity index (χ2n) is 7.09. The Kier molecular flexibility index (Phi) is 4.36. The molecule has 2 aromatic rings. The predicted molar refractivity (Wildman–Crippen MR) is 103 cm³/mol. The van der Waals surface area contributed by atoms with Gasteiger partial charge in [0.05, 0.1) is 17.5 Å². The van der Waals surface area contributed by atoms with Crippen LogP contribution in [0.4, 0.5) is 11.4 Å². The molecule has 4 rings (SSSR count). The molecule has 136 valence electrons. The molecule has 5 nitrogen and oxygen atoms in total. The normalized spacial score (nSPS) is 21.7. The first kappa shape index (κ1) is 17.2. The third-order valence-electron chi connectivity index (χ3n) is 5.22. The molecule has 0 aromatic heterocycles. The Morgan fingerprint density at radius 2 is 1.74 bits per heavy atom. The largest absolute Gasteiger partial charge is 0.322 e. The van der Waals surface area contributed by atoms with E-state index in [1.165, 1.54) is 4.90 Å². The zero-order valence-electron chi connectivity index (χ0n) is 15.0. The van der Waals surface area contributed by atoms with Crippen LogP contribution in [0.3, 0.4) is 0 Å². The molecule has 2 aliphatic rings. The minimum absolute atomic E-state index is 0.168. The van der Waals surface area contributed by atoms with E-state index in [0.29, 0.717) is 29.8 Å². The summed E-state index contributed by atoms with van der Waals surface area (Å²) in [6.45, 7) is 1.99. The molecule has 27 heavy (non-hydrogen) atoms. The molecule has 1 heterocycles. The first-order chi connectivity index (χ1) is 13.0. The number of hydrogen-bond donors (Lipinski definition) is 1. The van der Waals surface area contributed by atoms with Gasteiger partial charge in [0.15, 0.2) is 0 Å². The molecule has 0 radical (unpaired) electrons. The average molecular weight is 360 g/mol. The summed E-state index contributed by atoms with van der Waals surface area (Å²) in [5, 5.41) is 2.82. The Morgan fingerprint density at radius 3 is 2.52 bits per heavy atom. The van der Waals surface area contributed by atoms with Crippen molar-refractivity contribution in [2.45, 2.75) is 19.8 Å². The van der Waals surface area contributed by atoms with Gasteiger partial charge in [0.25, 0.3) is 5.91 Å². The monoisotopic (exact) mass is 360 g/mol. The summed E-state index contributed by atoms with van der Waals surface area (Å²) in [5.41, 5.74) is 2.70. The number of fused-ring (bicyclic) bond motifs is 1. The third-order valence-corrected chi connectivity index (χ3v) is 5.22.